The van der Waals surface area contributed by atoms with Crippen LogP contribution in [0.1, 0.15) is 11.4 Å². The number of halogens is 2. The van der Waals surface area contributed by atoms with E-state index >= 15 is 0 Å². The number of rotatable bonds is 3. The van der Waals surface area contributed by atoms with E-state index in [-0.39, 0.29) is 22.1 Å². The Bertz CT molecular complexity index is 1000. The molecule has 5 nitrogen and oxygen atoms in total. The summed E-state index contributed by atoms with van der Waals surface area (Å²) >= 11 is 5.94. The monoisotopic (exact) mass is 343 g/mol. The Labute approximate surface area is 141 Å². The highest BCUT2D eigenvalue weighted by Crippen LogP contribution is 2.36. The van der Waals surface area contributed by atoms with Crippen molar-refractivity contribution in [2.24, 2.45) is 0 Å². The van der Waals surface area contributed by atoms with Gasteiger partial charge in [-0.05, 0) is 42.0 Å². The number of nitrogens with zero attached hydrogens (tertiary/aromatic N) is 2. The summed E-state index contributed by atoms with van der Waals surface area (Å²) < 4.78 is 18.3. The summed E-state index contributed by atoms with van der Waals surface area (Å²) in [5.41, 5.74) is 1.83. The van der Waals surface area contributed by atoms with Gasteiger partial charge in [-0.15, -0.1) is 0 Å². The zero-order valence-corrected chi connectivity index (χ0v) is 13.2. The van der Waals surface area contributed by atoms with E-state index in [1.807, 2.05) is 6.07 Å². The number of ether oxygens (including phenoxy) is 1. The number of allylic oxidation sites excluding steroid dienone is 1. The van der Waals surface area contributed by atoms with Crippen molar-refractivity contribution < 1.29 is 14.2 Å². The predicted molar refractivity (Wildman–Crippen MR) is 89.2 cm³/mol. The van der Waals surface area contributed by atoms with E-state index < -0.39 is 5.82 Å². The topological polar surface area (TPSA) is 81.9 Å². The number of methoxy groups -OCH3 is 1. The Morgan fingerprint density at radius 3 is 2.92 bits per heavy atom. The molecule has 2 aromatic carbocycles. The molecule has 0 atom stereocenters. The maximum atomic E-state index is 13.3. The minimum absolute atomic E-state index is 0.101. The largest absolute Gasteiger partial charge is 0.503 e. The van der Waals surface area contributed by atoms with Crippen LogP contribution >= 0.6 is 11.6 Å². The number of aromatic nitrogens is 2. The first-order chi connectivity index (χ1) is 11.5. The molecule has 0 aliphatic rings. The highest BCUT2D eigenvalue weighted by atomic mass is 35.5. The summed E-state index contributed by atoms with van der Waals surface area (Å²) in [6, 6.07) is 9.22. The van der Waals surface area contributed by atoms with Crippen molar-refractivity contribution in [1.29, 1.82) is 5.26 Å². The zero-order chi connectivity index (χ0) is 17.3. The highest BCUT2D eigenvalue weighted by Gasteiger charge is 2.11. The molecule has 120 valence electrons. The fourth-order valence-electron chi connectivity index (χ4n) is 2.26. The summed E-state index contributed by atoms with van der Waals surface area (Å²) in [6.45, 7) is 0. The number of H-pyrrole nitrogens is 1. The quantitative estimate of drug-likeness (QED) is 0.700. The highest BCUT2D eigenvalue weighted by molar-refractivity contribution is 6.32. The number of aromatic hydroxyl groups is 1. The van der Waals surface area contributed by atoms with E-state index in [9.17, 15) is 14.8 Å². The molecule has 0 bridgehead atoms. The molecule has 0 saturated carbocycles. The van der Waals surface area contributed by atoms with Gasteiger partial charge < -0.3 is 14.8 Å². The minimum atomic E-state index is -0.393. The minimum Gasteiger partial charge on any atom is -0.503 e. The Balaban J connectivity index is 2.09. The second kappa shape index (κ2) is 6.22. The maximum Gasteiger partial charge on any atom is 0.176 e. The number of phenols is 1. The van der Waals surface area contributed by atoms with E-state index in [1.165, 1.54) is 31.4 Å². The van der Waals surface area contributed by atoms with Crippen molar-refractivity contribution in [3.63, 3.8) is 0 Å². The van der Waals surface area contributed by atoms with Crippen LogP contribution in [0, 0.1) is 17.1 Å². The van der Waals surface area contributed by atoms with Crippen LogP contribution in [0.5, 0.6) is 11.5 Å². The standard InChI is InChI=1S/C17H11ClFN3O2/c1-24-15-6-9(5-12(18)16(15)23)4-10(8-20)17-21-13-3-2-11(19)7-14(13)22-17/h2-7,23H,1H3,(H,21,22)/b10-4-. The van der Waals surface area contributed by atoms with Crippen LogP contribution in [0.2, 0.25) is 5.02 Å². The molecule has 0 fully saturated rings. The first kappa shape index (κ1) is 15.8. The summed E-state index contributed by atoms with van der Waals surface area (Å²) in [7, 11) is 1.40. The Morgan fingerprint density at radius 1 is 1.42 bits per heavy atom. The molecule has 1 aromatic heterocycles. The lowest BCUT2D eigenvalue weighted by Gasteiger charge is -2.06. The van der Waals surface area contributed by atoms with Crippen molar-refractivity contribution in [2.75, 3.05) is 7.11 Å². The van der Waals surface area contributed by atoms with Crippen molar-refractivity contribution in [3.8, 4) is 17.6 Å². The average molecular weight is 344 g/mol. The van der Waals surface area contributed by atoms with Gasteiger partial charge in [0, 0.05) is 0 Å². The van der Waals surface area contributed by atoms with Crippen LogP contribution < -0.4 is 4.74 Å². The van der Waals surface area contributed by atoms with E-state index in [0.29, 0.717) is 22.4 Å². The fraction of sp³-hybridized carbons (Fsp3) is 0.0588. The molecule has 0 aliphatic heterocycles. The van der Waals surface area contributed by atoms with Crippen LogP contribution in [-0.4, -0.2) is 22.2 Å². The van der Waals surface area contributed by atoms with E-state index in [0.717, 1.165) is 0 Å². The van der Waals surface area contributed by atoms with E-state index in [2.05, 4.69) is 9.97 Å². The van der Waals surface area contributed by atoms with Crippen LogP contribution in [0.4, 0.5) is 4.39 Å². The summed E-state index contributed by atoms with van der Waals surface area (Å²) in [5.74, 6) is -0.0664. The van der Waals surface area contributed by atoms with Crippen molar-refractivity contribution in [2.45, 2.75) is 0 Å². The molecule has 3 rings (SSSR count). The van der Waals surface area contributed by atoms with Gasteiger partial charge in [-0.1, -0.05) is 11.6 Å². The summed E-state index contributed by atoms with van der Waals surface area (Å²) in [4.78, 5) is 7.18. The molecule has 3 aromatic rings. The van der Waals surface area contributed by atoms with Gasteiger partial charge in [0.1, 0.15) is 17.7 Å². The van der Waals surface area contributed by atoms with Gasteiger partial charge in [0.15, 0.2) is 11.5 Å². The molecule has 24 heavy (non-hydrogen) atoms. The first-order valence-corrected chi connectivity index (χ1v) is 7.23. The molecule has 0 unspecified atom stereocenters. The Hall–Kier alpha value is -3.04. The van der Waals surface area contributed by atoms with Gasteiger partial charge in [0.05, 0.1) is 28.7 Å². The van der Waals surface area contributed by atoms with Gasteiger partial charge in [-0.25, -0.2) is 9.37 Å². The number of nitriles is 1. The lowest BCUT2D eigenvalue weighted by molar-refractivity contribution is 0.373. The number of fused-ring (bicyclic) bond motifs is 1. The smallest absolute Gasteiger partial charge is 0.176 e. The van der Waals surface area contributed by atoms with Gasteiger partial charge in [-0.3, -0.25) is 0 Å². The number of hydrogen-bond acceptors (Lipinski definition) is 4. The van der Waals surface area contributed by atoms with Crippen molar-refractivity contribution in [3.05, 3.63) is 52.6 Å². The SMILES string of the molecule is COc1cc(/C=C(/C#N)c2nc3ccc(F)cc3[nH]2)cc(Cl)c1O. The number of imidazole rings is 1. The molecule has 2 N–H and O–H groups in total. The lowest BCUT2D eigenvalue weighted by Crippen LogP contribution is -1.88. The number of nitrogens with one attached hydrogen (secondary N) is 1. The van der Waals surface area contributed by atoms with Gasteiger partial charge in [0.2, 0.25) is 0 Å². The van der Waals surface area contributed by atoms with Crippen LogP contribution in [0.3, 0.4) is 0 Å². The number of benzene rings is 2. The summed E-state index contributed by atoms with van der Waals surface area (Å²) in [6.07, 6.45) is 1.54. The molecule has 0 amide bonds. The van der Waals surface area contributed by atoms with Crippen LogP contribution in [-0.2, 0) is 0 Å². The molecule has 0 saturated heterocycles. The van der Waals surface area contributed by atoms with Crippen molar-refractivity contribution in [1.82, 2.24) is 9.97 Å². The predicted octanol–water partition coefficient (Wildman–Crippen LogP) is 4.13. The molecule has 7 heteroatoms. The number of aromatic amines is 1. The maximum absolute atomic E-state index is 13.3. The third-order valence-electron chi connectivity index (χ3n) is 3.40. The van der Waals surface area contributed by atoms with Crippen molar-refractivity contribution >= 4 is 34.3 Å². The average Bonchev–Trinajstić information content (AvgIpc) is 2.98. The van der Waals surface area contributed by atoms with Crippen LogP contribution in [0.15, 0.2) is 30.3 Å². The number of phenolic OH excluding ortho intramolecular Hbond substituents is 1. The van der Waals surface area contributed by atoms with Crippen LogP contribution in [0.25, 0.3) is 22.7 Å². The third kappa shape index (κ3) is 2.90. The zero-order valence-electron chi connectivity index (χ0n) is 12.5. The van der Waals surface area contributed by atoms with E-state index in [4.69, 9.17) is 16.3 Å². The van der Waals surface area contributed by atoms with E-state index in [1.54, 1.807) is 12.1 Å². The lowest BCUT2D eigenvalue weighted by atomic mass is 10.1. The second-order valence-corrected chi connectivity index (χ2v) is 5.38. The summed E-state index contributed by atoms with van der Waals surface area (Å²) in [5, 5.41) is 19.3. The molecular weight excluding hydrogens is 333 g/mol. The van der Waals surface area contributed by atoms with Gasteiger partial charge >= 0.3 is 0 Å². The molecule has 0 spiro atoms. The molecular formula is C17H11ClFN3O2. The van der Waals surface area contributed by atoms with Gasteiger partial charge in [-0.2, -0.15) is 5.26 Å². The molecule has 0 aliphatic carbocycles. The third-order valence-corrected chi connectivity index (χ3v) is 3.69. The first-order valence-electron chi connectivity index (χ1n) is 6.85. The normalized spacial score (nSPS) is 11.5. The molecule has 1 heterocycles. The Morgan fingerprint density at radius 2 is 2.21 bits per heavy atom. The second-order valence-electron chi connectivity index (χ2n) is 4.97. The molecule has 0 radical (unpaired) electrons. The van der Waals surface area contributed by atoms with Gasteiger partial charge in [0.25, 0.3) is 0 Å². The fourth-order valence-corrected chi connectivity index (χ4v) is 2.48. The number of hydrogen-bond donors (Lipinski definition) is 2. The Kier molecular flexibility index (Phi) is 4.11.